The van der Waals surface area contributed by atoms with Gasteiger partial charge in [-0.2, -0.15) is 0 Å². The van der Waals surface area contributed by atoms with Crippen molar-refractivity contribution in [3.05, 3.63) is 43.2 Å². The Balaban J connectivity index is 0.000000162. The third-order valence-electron chi connectivity index (χ3n) is 2.40. The van der Waals surface area contributed by atoms with Gasteiger partial charge >= 0.3 is 0 Å². The molecule has 0 spiro atoms. The number of hydrogen-bond acceptors (Lipinski definition) is 2. The molecule has 0 saturated carbocycles. The first-order chi connectivity index (χ1) is 7.43. The van der Waals surface area contributed by atoms with E-state index in [0.717, 1.165) is 6.54 Å². The number of rotatable bonds is 2. The van der Waals surface area contributed by atoms with Crippen LogP contribution < -0.4 is 0 Å². The Bertz CT molecular complexity index is 213. The van der Waals surface area contributed by atoms with Crippen LogP contribution in [0, 0.1) is 0 Å². The van der Waals surface area contributed by atoms with Crippen LogP contribution in [0.5, 0.6) is 0 Å². The topological polar surface area (TPSA) is 16.1 Å². The van der Waals surface area contributed by atoms with Crippen molar-refractivity contribution in [2.24, 2.45) is 0 Å². The lowest BCUT2D eigenvalue weighted by molar-refractivity contribution is 0.251. The molecule has 2 heterocycles. The molecule has 2 rings (SSSR count). The van der Waals surface area contributed by atoms with Crippen LogP contribution in [0.1, 0.15) is 19.3 Å². The zero-order valence-electron chi connectivity index (χ0n) is 9.31. The zero-order valence-corrected chi connectivity index (χ0v) is 9.31. The number of likely N-dealkylation sites (tertiary alicyclic amines) is 1. The van der Waals surface area contributed by atoms with Crippen molar-refractivity contribution in [2.45, 2.75) is 19.3 Å². The average Bonchev–Trinajstić information content (AvgIpc) is 2.34. The van der Waals surface area contributed by atoms with Gasteiger partial charge in [-0.15, -0.1) is 6.58 Å². The van der Waals surface area contributed by atoms with Crippen LogP contribution in [0.4, 0.5) is 0 Å². The van der Waals surface area contributed by atoms with Gasteiger partial charge in [-0.05, 0) is 38.1 Å². The third kappa shape index (κ3) is 6.02. The summed E-state index contributed by atoms with van der Waals surface area (Å²) < 4.78 is 0. The molecule has 0 N–H and O–H groups in total. The van der Waals surface area contributed by atoms with E-state index in [0.29, 0.717) is 0 Å². The second-order valence-corrected chi connectivity index (χ2v) is 3.67. The summed E-state index contributed by atoms with van der Waals surface area (Å²) in [6.45, 7) is 7.36. The van der Waals surface area contributed by atoms with Crippen LogP contribution in [-0.4, -0.2) is 29.5 Å². The molecule has 0 bridgehead atoms. The number of hydrogen-bond donors (Lipinski definition) is 0. The summed E-state index contributed by atoms with van der Waals surface area (Å²) in [5, 5.41) is 0. The Hall–Kier alpha value is -1.15. The fraction of sp³-hybridized carbons (Fsp3) is 0.462. The quantitative estimate of drug-likeness (QED) is 0.689. The zero-order chi connectivity index (χ0) is 10.8. The summed E-state index contributed by atoms with van der Waals surface area (Å²) in [5.41, 5.74) is 0. The van der Waals surface area contributed by atoms with Gasteiger partial charge in [0.25, 0.3) is 0 Å². The van der Waals surface area contributed by atoms with Gasteiger partial charge in [-0.3, -0.25) is 9.88 Å². The number of pyridine rings is 1. The van der Waals surface area contributed by atoms with E-state index in [1.807, 2.05) is 24.3 Å². The van der Waals surface area contributed by atoms with E-state index in [-0.39, 0.29) is 0 Å². The molecule has 2 heteroatoms. The molecule has 0 radical (unpaired) electrons. The predicted octanol–water partition coefficient (Wildman–Crippen LogP) is 2.74. The molecule has 82 valence electrons. The van der Waals surface area contributed by atoms with Crippen molar-refractivity contribution >= 4 is 0 Å². The van der Waals surface area contributed by atoms with Crippen molar-refractivity contribution < 1.29 is 0 Å². The van der Waals surface area contributed by atoms with Crippen LogP contribution in [0.2, 0.25) is 0 Å². The minimum absolute atomic E-state index is 1.08. The number of piperidine rings is 1. The van der Waals surface area contributed by atoms with Crippen molar-refractivity contribution in [3.63, 3.8) is 0 Å². The van der Waals surface area contributed by atoms with Crippen molar-refractivity contribution in [1.82, 2.24) is 9.88 Å². The summed E-state index contributed by atoms with van der Waals surface area (Å²) >= 11 is 0. The monoisotopic (exact) mass is 204 g/mol. The summed E-state index contributed by atoms with van der Waals surface area (Å²) in [7, 11) is 0. The maximum absolute atomic E-state index is 3.78. The summed E-state index contributed by atoms with van der Waals surface area (Å²) in [6, 6.07) is 5.72. The summed E-state index contributed by atoms with van der Waals surface area (Å²) in [4.78, 5) is 6.24. The molecule has 1 fully saturated rings. The molecule has 0 atom stereocenters. The molecule has 0 amide bonds. The molecule has 0 aromatic carbocycles. The van der Waals surface area contributed by atoms with E-state index >= 15 is 0 Å². The highest BCUT2D eigenvalue weighted by Crippen LogP contribution is 2.07. The van der Waals surface area contributed by atoms with Gasteiger partial charge in [-0.25, -0.2) is 0 Å². The fourth-order valence-electron chi connectivity index (χ4n) is 1.64. The van der Waals surface area contributed by atoms with Gasteiger partial charge in [0, 0.05) is 18.9 Å². The molecular weight excluding hydrogens is 184 g/mol. The maximum atomic E-state index is 3.78. The molecule has 0 aliphatic carbocycles. The van der Waals surface area contributed by atoms with E-state index in [2.05, 4.69) is 16.5 Å². The Morgan fingerprint density at radius 3 is 2.13 bits per heavy atom. The SMILES string of the molecule is C=CCN1CCCCC1.c1ccncc1. The third-order valence-corrected chi connectivity index (χ3v) is 2.40. The smallest absolute Gasteiger partial charge is 0.0267 e. The van der Waals surface area contributed by atoms with E-state index in [1.54, 1.807) is 12.4 Å². The molecular formula is C13H20N2. The summed E-state index contributed by atoms with van der Waals surface area (Å²) in [6.07, 6.45) is 9.68. The predicted molar refractivity (Wildman–Crippen MR) is 64.7 cm³/mol. The largest absolute Gasteiger partial charge is 0.300 e. The van der Waals surface area contributed by atoms with Gasteiger partial charge < -0.3 is 0 Å². The Morgan fingerprint density at radius 2 is 1.73 bits per heavy atom. The summed E-state index contributed by atoms with van der Waals surface area (Å²) in [5.74, 6) is 0. The molecule has 1 aromatic rings. The molecule has 1 saturated heterocycles. The van der Waals surface area contributed by atoms with Crippen LogP contribution in [0.3, 0.4) is 0 Å². The molecule has 1 aliphatic rings. The van der Waals surface area contributed by atoms with E-state index < -0.39 is 0 Å². The fourth-order valence-corrected chi connectivity index (χ4v) is 1.64. The Kier molecular flexibility index (Phi) is 6.50. The Labute approximate surface area is 92.6 Å². The maximum Gasteiger partial charge on any atom is 0.0267 e. The van der Waals surface area contributed by atoms with Gasteiger partial charge in [0.05, 0.1) is 0 Å². The number of aromatic nitrogens is 1. The van der Waals surface area contributed by atoms with Gasteiger partial charge in [0.15, 0.2) is 0 Å². The first kappa shape index (κ1) is 11.9. The second-order valence-electron chi connectivity index (χ2n) is 3.67. The van der Waals surface area contributed by atoms with E-state index in [4.69, 9.17) is 0 Å². The standard InChI is InChI=1S/C8H15N.C5H5N/c1-2-6-9-7-4-3-5-8-9;1-2-4-6-5-3-1/h2H,1,3-8H2;1-5H. The van der Waals surface area contributed by atoms with E-state index in [1.165, 1.54) is 32.4 Å². The minimum atomic E-state index is 1.08. The molecule has 1 aromatic heterocycles. The lowest BCUT2D eigenvalue weighted by atomic mass is 10.1. The molecule has 1 aliphatic heterocycles. The van der Waals surface area contributed by atoms with Gasteiger partial charge in [-0.1, -0.05) is 18.6 Å². The highest BCUT2D eigenvalue weighted by Gasteiger charge is 2.06. The van der Waals surface area contributed by atoms with Gasteiger partial charge in [0.1, 0.15) is 0 Å². The normalized spacial score (nSPS) is 16.3. The second kappa shape index (κ2) is 8.18. The molecule has 0 unspecified atom stereocenters. The van der Waals surface area contributed by atoms with Crippen molar-refractivity contribution in [1.29, 1.82) is 0 Å². The van der Waals surface area contributed by atoms with Crippen LogP contribution >= 0.6 is 0 Å². The van der Waals surface area contributed by atoms with Crippen LogP contribution in [0.25, 0.3) is 0 Å². The van der Waals surface area contributed by atoms with Crippen LogP contribution in [-0.2, 0) is 0 Å². The molecule has 15 heavy (non-hydrogen) atoms. The Morgan fingerprint density at radius 1 is 1.07 bits per heavy atom. The molecule has 2 nitrogen and oxygen atoms in total. The highest BCUT2D eigenvalue weighted by atomic mass is 15.1. The minimum Gasteiger partial charge on any atom is -0.300 e. The van der Waals surface area contributed by atoms with Crippen LogP contribution in [0.15, 0.2) is 43.2 Å². The first-order valence-electron chi connectivity index (χ1n) is 5.61. The lowest BCUT2D eigenvalue weighted by Gasteiger charge is -2.24. The van der Waals surface area contributed by atoms with Gasteiger partial charge in [0.2, 0.25) is 0 Å². The average molecular weight is 204 g/mol. The highest BCUT2D eigenvalue weighted by molar-refractivity contribution is 4.88. The van der Waals surface area contributed by atoms with E-state index in [9.17, 15) is 0 Å². The van der Waals surface area contributed by atoms with Crippen molar-refractivity contribution in [3.8, 4) is 0 Å². The first-order valence-corrected chi connectivity index (χ1v) is 5.61. The number of nitrogens with zero attached hydrogens (tertiary/aromatic N) is 2. The van der Waals surface area contributed by atoms with Crippen molar-refractivity contribution in [2.75, 3.05) is 19.6 Å². The lowest BCUT2D eigenvalue weighted by Crippen LogP contribution is -2.29.